The Morgan fingerprint density at radius 3 is 2.07 bits per heavy atom. The van der Waals surface area contributed by atoms with Crippen LogP contribution < -0.4 is 24.8 Å². The van der Waals surface area contributed by atoms with Crippen molar-refractivity contribution >= 4 is 0 Å². The third-order valence-corrected chi connectivity index (χ3v) is 10.9. The first-order chi connectivity index (χ1) is 5.88. The quantitative estimate of drug-likeness (QED) is 0.557. The number of rotatable bonds is 5. The van der Waals surface area contributed by atoms with Crippen molar-refractivity contribution in [2.75, 3.05) is 0 Å². The zero-order valence-corrected chi connectivity index (χ0v) is 13.0. The van der Waals surface area contributed by atoms with Gasteiger partial charge in [-0.1, -0.05) is 0 Å². The second-order valence-electron chi connectivity index (χ2n) is 3.43. The van der Waals surface area contributed by atoms with Crippen LogP contribution in [0, 0.1) is 0 Å². The minimum atomic E-state index is -1.05. The first kappa shape index (κ1) is 17.3. The summed E-state index contributed by atoms with van der Waals surface area (Å²) in [5, 5.41) is 0. The molecule has 0 fully saturated rings. The van der Waals surface area contributed by atoms with Crippen LogP contribution in [0.3, 0.4) is 0 Å². The summed E-state index contributed by atoms with van der Waals surface area (Å²) in [7, 11) is 0. The van der Waals surface area contributed by atoms with Gasteiger partial charge in [-0.2, -0.15) is 0 Å². The van der Waals surface area contributed by atoms with Crippen molar-refractivity contribution in [3.05, 3.63) is 21.5 Å². The Hall–Kier alpha value is 0.943. The summed E-state index contributed by atoms with van der Waals surface area (Å²) in [6.07, 6.45) is 11.1. The van der Waals surface area contributed by atoms with Gasteiger partial charge in [0.15, 0.2) is 0 Å². The number of allylic oxidation sites excluding steroid dienone is 4. The molecule has 14 heavy (non-hydrogen) atoms. The van der Waals surface area contributed by atoms with Crippen LogP contribution in [0.2, 0.25) is 8.26 Å². The minimum absolute atomic E-state index is 0. The van der Waals surface area contributed by atoms with Crippen LogP contribution in [0.15, 0.2) is 21.5 Å². The monoisotopic (exact) mass is 311 g/mol. The third-order valence-electron chi connectivity index (χ3n) is 2.33. The van der Waals surface area contributed by atoms with Crippen molar-refractivity contribution in [1.82, 2.24) is 0 Å². The molecule has 0 aromatic heterocycles. The van der Waals surface area contributed by atoms with E-state index >= 15 is 0 Å². The summed E-state index contributed by atoms with van der Waals surface area (Å²) in [6.45, 7) is 4.66. The van der Waals surface area contributed by atoms with Crippen molar-refractivity contribution in [2.45, 2.75) is 41.4 Å². The molecule has 0 bridgehead atoms. The molecule has 0 amide bonds. The van der Waals surface area contributed by atoms with E-state index in [1.165, 1.54) is 19.3 Å². The molecule has 0 atom stereocenters. The summed E-state index contributed by atoms with van der Waals surface area (Å²) < 4.78 is 5.01. The van der Waals surface area contributed by atoms with Gasteiger partial charge in [0.2, 0.25) is 0 Å². The molecule has 0 heterocycles. The Bertz CT molecular complexity index is 182. The molecule has 0 saturated carbocycles. The first-order valence-corrected chi connectivity index (χ1v) is 9.79. The number of hydrogen-bond acceptors (Lipinski definition) is 0. The Labute approximate surface area is 109 Å². The van der Waals surface area contributed by atoms with Gasteiger partial charge in [-0.15, -0.1) is 0 Å². The fraction of sp³-hybridized carbons (Fsp3) is 0.636. The maximum atomic E-state index is 2.40. The zero-order chi connectivity index (χ0) is 8.81. The van der Waals surface area contributed by atoms with E-state index in [9.17, 15) is 0 Å². The molecule has 0 aromatic carbocycles. The number of halogens is 2. The summed E-state index contributed by atoms with van der Waals surface area (Å²) in [6, 6.07) is 0. The van der Waals surface area contributed by atoms with Crippen molar-refractivity contribution in [3.63, 3.8) is 0 Å². The van der Waals surface area contributed by atoms with Gasteiger partial charge < -0.3 is 24.8 Å². The van der Waals surface area contributed by atoms with E-state index in [0.29, 0.717) is 0 Å². The third kappa shape index (κ3) is 5.73. The topological polar surface area (TPSA) is 0 Å². The van der Waals surface area contributed by atoms with Gasteiger partial charge in [0.1, 0.15) is 0 Å². The molecule has 81 valence electrons. The average molecular weight is 313 g/mol. The van der Waals surface area contributed by atoms with Crippen LogP contribution in [0.25, 0.3) is 0 Å². The molecule has 0 radical (unpaired) electrons. The van der Waals surface area contributed by atoms with E-state index in [1.54, 1.807) is 8.26 Å². The van der Waals surface area contributed by atoms with Crippen LogP contribution >= 0.6 is 0 Å². The van der Waals surface area contributed by atoms with Gasteiger partial charge in [-0.3, -0.25) is 0 Å². The fourth-order valence-corrected chi connectivity index (χ4v) is 8.73. The molecule has 0 unspecified atom stereocenters. The number of hydrogen-bond donors (Lipinski definition) is 0. The fourth-order valence-electron chi connectivity index (χ4n) is 1.76. The van der Waals surface area contributed by atoms with E-state index < -0.39 is 21.8 Å². The maximum absolute atomic E-state index is 2.40. The summed E-state index contributed by atoms with van der Waals surface area (Å²) >= 11 is -1.05. The van der Waals surface area contributed by atoms with Crippen LogP contribution in [-0.2, 0) is 21.8 Å². The summed E-state index contributed by atoms with van der Waals surface area (Å²) in [5.41, 5.74) is 0. The molecule has 0 N–H and O–H groups in total. The van der Waals surface area contributed by atoms with Gasteiger partial charge in [-0.25, -0.2) is 0 Å². The maximum Gasteiger partial charge on any atom is -1.00 e. The van der Waals surface area contributed by atoms with Crippen molar-refractivity contribution in [2.24, 2.45) is 0 Å². The molecule has 0 spiro atoms. The Morgan fingerprint density at radius 2 is 1.71 bits per heavy atom. The van der Waals surface area contributed by atoms with E-state index in [-0.39, 0.29) is 24.8 Å². The SMILES string of the molecule is CC[CH2][Zr+2]([CH2]CC)[C]1=CC=CC1.[Cl-].[Cl-]. The van der Waals surface area contributed by atoms with Crippen molar-refractivity contribution in [3.8, 4) is 0 Å². The first-order valence-electron chi connectivity index (χ1n) is 5.09. The predicted octanol–water partition coefficient (Wildman–Crippen LogP) is -1.89. The van der Waals surface area contributed by atoms with Gasteiger partial charge in [0, 0.05) is 0 Å². The summed E-state index contributed by atoms with van der Waals surface area (Å²) in [5.74, 6) is 0. The van der Waals surface area contributed by atoms with Gasteiger partial charge >= 0.3 is 84.6 Å². The Morgan fingerprint density at radius 1 is 1.14 bits per heavy atom. The van der Waals surface area contributed by atoms with Gasteiger partial charge in [0.05, 0.1) is 0 Å². The largest absolute Gasteiger partial charge is 1.00 e. The molecular weight excluding hydrogens is 294 g/mol. The van der Waals surface area contributed by atoms with E-state index in [4.69, 9.17) is 0 Å². The normalized spacial score (nSPS) is 12.9. The van der Waals surface area contributed by atoms with Gasteiger partial charge in [0.25, 0.3) is 0 Å². The molecule has 1 aliphatic rings. The molecule has 1 aliphatic carbocycles. The van der Waals surface area contributed by atoms with E-state index in [0.717, 1.165) is 0 Å². The van der Waals surface area contributed by atoms with Crippen molar-refractivity contribution < 1.29 is 46.6 Å². The summed E-state index contributed by atoms with van der Waals surface area (Å²) in [4.78, 5) is 0. The van der Waals surface area contributed by atoms with E-state index in [2.05, 4.69) is 32.1 Å². The van der Waals surface area contributed by atoms with Gasteiger partial charge in [-0.05, 0) is 0 Å². The molecule has 0 saturated heterocycles. The van der Waals surface area contributed by atoms with Crippen LogP contribution in [0.1, 0.15) is 33.1 Å². The van der Waals surface area contributed by atoms with Crippen LogP contribution in [-0.4, -0.2) is 0 Å². The Balaban J connectivity index is 0. The molecule has 0 nitrogen and oxygen atoms in total. The smallest absolute Gasteiger partial charge is 1.00 e. The second-order valence-corrected chi connectivity index (χ2v) is 10.4. The minimum Gasteiger partial charge on any atom is -1.00 e. The standard InChI is InChI=1S/C5H5.2C3H7.2ClH.Zr/c1-2-4-5-3-1;2*1-3-2;;;/h1-3H,4H2;2*1,3H2,2H3;2*1H;/q;;;;;+2/p-2. The molecular formula is C11H19Cl2Zr. The second kappa shape index (κ2) is 10.5. The predicted molar refractivity (Wildman–Crippen MR) is 52.0 cm³/mol. The molecule has 0 aromatic rings. The van der Waals surface area contributed by atoms with E-state index in [1.807, 2.05) is 3.28 Å². The van der Waals surface area contributed by atoms with Crippen LogP contribution in [0.4, 0.5) is 0 Å². The Kier molecular flexibility index (Phi) is 13.0. The van der Waals surface area contributed by atoms with Crippen LogP contribution in [0.5, 0.6) is 0 Å². The average Bonchev–Trinajstić information content (AvgIpc) is 2.56. The zero-order valence-electron chi connectivity index (χ0n) is 9.02. The molecule has 0 aliphatic heterocycles. The van der Waals surface area contributed by atoms with Crippen molar-refractivity contribution in [1.29, 1.82) is 0 Å². The molecule has 3 heteroatoms. The molecule has 1 rings (SSSR count).